The molecule has 1 unspecified atom stereocenters. The van der Waals surface area contributed by atoms with Crippen LogP contribution >= 0.6 is 12.4 Å². The van der Waals surface area contributed by atoms with E-state index in [0.29, 0.717) is 31.5 Å². The number of rotatable bonds is 6. The molecular weight excluding hydrogens is 576 g/mol. The van der Waals surface area contributed by atoms with E-state index in [1.807, 2.05) is 24.3 Å². The zero-order valence-corrected chi connectivity index (χ0v) is 25.0. The van der Waals surface area contributed by atoms with Crippen molar-refractivity contribution in [3.63, 3.8) is 0 Å². The van der Waals surface area contributed by atoms with Gasteiger partial charge in [-0.3, -0.25) is 15.6 Å². The van der Waals surface area contributed by atoms with E-state index in [0.717, 1.165) is 42.0 Å². The summed E-state index contributed by atoms with van der Waals surface area (Å²) < 4.78 is 28.7. The minimum absolute atomic E-state index is 0. The average Bonchev–Trinajstić information content (AvgIpc) is 3.33. The molecule has 3 aromatic rings. The molecule has 3 amide bonds. The molecule has 42 heavy (non-hydrogen) atoms. The maximum Gasteiger partial charge on any atom is 0.339 e. The molecule has 5 rings (SSSR count). The third-order valence-electron chi connectivity index (χ3n) is 7.79. The van der Waals surface area contributed by atoms with Gasteiger partial charge in [-0.2, -0.15) is 4.31 Å². The Balaban J connectivity index is 0.00000405. The van der Waals surface area contributed by atoms with Crippen molar-refractivity contribution in [1.29, 1.82) is 5.41 Å². The lowest BCUT2D eigenvalue weighted by molar-refractivity contribution is -0.128. The molecule has 10 nitrogen and oxygen atoms in total. The Morgan fingerprint density at radius 1 is 0.905 bits per heavy atom. The van der Waals surface area contributed by atoms with Crippen LogP contribution in [0, 0.1) is 5.41 Å². The van der Waals surface area contributed by atoms with Gasteiger partial charge in [0, 0.05) is 25.2 Å². The lowest BCUT2D eigenvalue weighted by atomic mass is 10.1. The first kappa shape index (κ1) is 31.3. The first-order valence-electron chi connectivity index (χ1n) is 14.0. The second-order valence-corrected chi connectivity index (χ2v) is 12.5. The fraction of sp³-hybridized carbons (Fsp3) is 0.367. The Hall–Kier alpha value is -3.67. The van der Waals surface area contributed by atoms with Gasteiger partial charge in [-0.1, -0.05) is 67.4 Å². The largest absolute Gasteiger partial charge is 0.384 e. The third-order valence-corrected chi connectivity index (χ3v) is 9.70. The fourth-order valence-electron chi connectivity index (χ4n) is 5.52. The van der Waals surface area contributed by atoms with Crippen molar-refractivity contribution in [2.45, 2.75) is 56.0 Å². The summed E-state index contributed by atoms with van der Waals surface area (Å²) in [4.78, 5) is 29.2. The maximum absolute atomic E-state index is 13.7. The summed E-state index contributed by atoms with van der Waals surface area (Å²) >= 11 is 0. The SMILES string of the molecule is Cl.N=C(N)c1ccc(CN(NC(=O)C2CCCN2S(=O)(=O)c2ccc3ccccc3c2)C(=O)N2CCCCCC2)cc1. The van der Waals surface area contributed by atoms with Crippen LogP contribution in [0.1, 0.15) is 49.7 Å². The van der Waals surface area contributed by atoms with Crippen LogP contribution in [0.25, 0.3) is 10.8 Å². The molecular formula is C30H37ClN6O4S. The van der Waals surface area contributed by atoms with Crippen LogP contribution in [0.5, 0.6) is 0 Å². The summed E-state index contributed by atoms with van der Waals surface area (Å²) in [7, 11) is -3.95. The highest BCUT2D eigenvalue weighted by molar-refractivity contribution is 7.89. The molecule has 2 aliphatic rings. The number of amidine groups is 1. The van der Waals surface area contributed by atoms with Gasteiger partial charge in [-0.25, -0.2) is 18.2 Å². The molecule has 2 heterocycles. The maximum atomic E-state index is 13.7. The normalized spacial score (nSPS) is 17.7. The molecule has 2 aliphatic heterocycles. The molecule has 0 bridgehead atoms. The number of carbonyl (C=O) groups excluding carboxylic acids is 2. The molecule has 3 aromatic carbocycles. The smallest absolute Gasteiger partial charge is 0.339 e. The van der Waals surface area contributed by atoms with Gasteiger partial charge in [0.15, 0.2) is 0 Å². The van der Waals surface area contributed by atoms with Gasteiger partial charge in [-0.15, -0.1) is 12.4 Å². The number of nitrogens with zero attached hydrogens (tertiary/aromatic N) is 3. The summed E-state index contributed by atoms with van der Waals surface area (Å²) in [6.07, 6.45) is 4.77. The van der Waals surface area contributed by atoms with Crippen molar-refractivity contribution in [3.05, 3.63) is 77.9 Å². The van der Waals surface area contributed by atoms with Gasteiger partial charge < -0.3 is 10.6 Å². The molecule has 0 aliphatic carbocycles. The summed E-state index contributed by atoms with van der Waals surface area (Å²) in [6, 6.07) is 18.2. The average molecular weight is 613 g/mol. The van der Waals surface area contributed by atoms with Gasteiger partial charge in [0.25, 0.3) is 5.91 Å². The highest BCUT2D eigenvalue weighted by Crippen LogP contribution is 2.28. The number of urea groups is 1. The number of carbonyl (C=O) groups is 2. The van der Waals surface area contributed by atoms with Crippen LogP contribution in [-0.2, 0) is 21.4 Å². The number of benzene rings is 3. The quantitative estimate of drug-likeness (QED) is 0.217. The minimum Gasteiger partial charge on any atom is -0.384 e. The van der Waals surface area contributed by atoms with Crippen molar-refractivity contribution in [2.24, 2.45) is 5.73 Å². The molecule has 12 heteroatoms. The number of sulfonamides is 1. The molecule has 4 N–H and O–H groups in total. The van der Waals surface area contributed by atoms with E-state index in [1.165, 1.54) is 9.31 Å². The molecule has 0 aromatic heterocycles. The lowest BCUT2D eigenvalue weighted by Gasteiger charge is -2.32. The Kier molecular flexibility index (Phi) is 10.1. The molecule has 2 saturated heterocycles. The van der Waals surface area contributed by atoms with E-state index < -0.39 is 22.0 Å². The molecule has 224 valence electrons. The summed E-state index contributed by atoms with van der Waals surface area (Å²) in [5.41, 5.74) is 9.66. The highest BCUT2D eigenvalue weighted by atomic mass is 35.5. The number of nitrogens with one attached hydrogen (secondary N) is 2. The minimum atomic E-state index is -3.95. The molecule has 0 saturated carbocycles. The zero-order valence-electron chi connectivity index (χ0n) is 23.4. The fourth-order valence-corrected chi connectivity index (χ4v) is 7.21. The second-order valence-electron chi connectivity index (χ2n) is 10.6. The Morgan fingerprint density at radius 2 is 1.57 bits per heavy atom. The molecule has 1 atom stereocenters. The second kappa shape index (κ2) is 13.5. The van der Waals surface area contributed by atoms with E-state index in [2.05, 4.69) is 5.43 Å². The summed E-state index contributed by atoms with van der Waals surface area (Å²) in [5.74, 6) is -0.591. The molecule has 0 spiro atoms. The van der Waals surface area contributed by atoms with Gasteiger partial charge in [-0.05, 0) is 54.2 Å². The number of halogens is 1. The van der Waals surface area contributed by atoms with E-state index in [1.54, 1.807) is 47.4 Å². The van der Waals surface area contributed by atoms with Crippen LogP contribution in [-0.4, -0.2) is 66.1 Å². The van der Waals surface area contributed by atoms with Gasteiger partial charge in [0.05, 0.1) is 11.4 Å². The number of hydrogen-bond donors (Lipinski definition) is 3. The monoisotopic (exact) mass is 612 g/mol. The van der Waals surface area contributed by atoms with E-state index in [4.69, 9.17) is 11.1 Å². The van der Waals surface area contributed by atoms with Crippen LogP contribution in [0.15, 0.2) is 71.6 Å². The summed E-state index contributed by atoms with van der Waals surface area (Å²) in [5, 5.41) is 10.6. The van der Waals surface area contributed by atoms with E-state index in [9.17, 15) is 18.0 Å². The molecule has 0 radical (unpaired) electrons. The lowest BCUT2D eigenvalue weighted by Crippen LogP contribution is -2.56. The standard InChI is InChI=1S/C30H36N6O4S.ClH/c31-28(32)24-13-11-22(12-14-24)21-35(30(38)34-17-5-1-2-6-18-34)33-29(37)27-10-7-19-36(27)41(39,40)26-16-15-23-8-3-4-9-25(23)20-26;/h3-4,8-9,11-16,20,27H,1-2,5-7,10,17-19,21H2,(H3,31,32)(H,33,37);1H. The Morgan fingerprint density at radius 3 is 2.24 bits per heavy atom. The van der Waals surface area contributed by atoms with Crippen molar-refractivity contribution in [1.82, 2.24) is 19.6 Å². The van der Waals surface area contributed by atoms with E-state index in [-0.39, 0.29) is 42.3 Å². The number of likely N-dealkylation sites (tertiary alicyclic amines) is 1. The van der Waals surface area contributed by atoms with Gasteiger partial charge >= 0.3 is 6.03 Å². The number of hydrazine groups is 1. The summed E-state index contributed by atoms with van der Waals surface area (Å²) in [6.45, 7) is 1.50. The number of amides is 3. The first-order valence-corrected chi connectivity index (χ1v) is 15.5. The third kappa shape index (κ3) is 6.86. The Bertz CT molecular complexity index is 1540. The first-order chi connectivity index (χ1) is 19.7. The predicted molar refractivity (Wildman–Crippen MR) is 165 cm³/mol. The van der Waals surface area contributed by atoms with Crippen molar-refractivity contribution < 1.29 is 18.0 Å². The van der Waals surface area contributed by atoms with Crippen molar-refractivity contribution in [2.75, 3.05) is 19.6 Å². The predicted octanol–water partition coefficient (Wildman–Crippen LogP) is 4.23. The number of fused-ring (bicyclic) bond motifs is 1. The van der Waals surface area contributed by atoms with Crippen LogP contribution < -0.4 is 11.2 Å². The van der Waals surface area contributed by atoms with Gasteiger partial charge in [0.1, 0.15) is 11.9 Å². The van der Waals surface area contributed by atoms with Crippen molar-refractivity contribution in [3.8, 4) is 0 Å². The number of nitrogen functional groups attached to an aromatic ring is 1. The van der Waals surface area contributed by atoms with Crippen LogP contribution in [0.2, 0.25) is 0 Å². The molecule has 2 fully saturated rings. The van der Waals surface area contributed by atoms with Gasteiger partial charge in [0.2, 0.25) is 10.0 Å². The highest BCUT2D eigenvalue weighted by Gasteiger charge is 2.40. The number of nitrogens with two attached hydrogens (primary N) is 1. The number of hydrogen-bond acceptors (Lipinski definition) is 5. The Labute approximate surface area is 252 Å². The van der Waals surface area contributed by atoms with Crippen LogP contribution in [0.4, 0.5) is 4.79 Å². The van der Waals surface area contributed by atoms with E-state index >= 15 is 0 Å². The topological polar surface area (TPSA) is 140 Å². The van der Waals surface area contributed by atoms with Crippen LogP contribution in [0.3, 0.4) is 0 Å². The zero-order chi connectivity index (χ0) is 29.0. The van der Waals surface area contributed by atoms with Crippen molar-refractivity contribution >= 4 is 51.0 Å².